The molecular weight excluding hydrogens is 334 g/mol. The van der Waals surface area contributed by atoms with Gasteiger partial charge in [-0.25, -0.2) is 0 Å². The van der Waals surface area contributed by atoms with Gasteiger partial charge in [0.1, 0.15) is 0 Å². The minimum atomic E-state index is -0.224. The molecule has 0 unspecified atom stereocenters. The standard InChI is InChI=1S/C20H19NO3S/c1-24-13-5-12-21-19(22)18(25-20(21)23)14-15-8-10-17(11-9-15)16-6-3-2-4-7-16/h2-4,6-11,14H,5,12-13H2,1H3/b18-14+. The molecule has 0 aromatic heterocycles. The summed E-state index contributed by atoms with van der Waals surface area (Å²) in [7, 11) is 1.60. The summed E-state index contributed by atoms with van der Waals surface area (Å²) in [5, 5.41) is -0.215. The highest BCUT2D eigenvalue weighted by Gasteiger charge is 2.34. The van der Waals surface area contributed by atoms with Crippen molar-refractivity contribution in [2.24, 2.45) is 0 Å². The Hall–Kier alpha value is -2.37. The molecule has 3 rings (SSSR count). The first-order chi connectivity index (χ1) is 12.2. The summed E-state index contributed by atoms with van der Waals surface area (Å²) in [5.74, 6) is -0.224. The zero-order valence-electron chi connectivity index (χ0n) is 14.0. The molecule has 2 aromatic carbocycles. The number of imide groups is 1. The summed E-state index contributed by atoms with van der Waals surface area (Å²) in [6.45, 7) is 0.921. The molecule has 0 N–H and O–H groups in total. The molecule has 1 saturated heterocycles. The number of methoxy groups -OCH3 is 1. The topological polar surface area (TPSA) is 46.6 Å². The zero-order chi connectivity index (χ0) is 17.6. The largest absolute Gasteiger partial charge is 0.385 e. The van der Waals surface area contributed by atoms with Crippen LogP contribution in [0.5, 0.6) is 0 Å². The highest BCUT2D eigenvalue weighted by atomic mass is 32.2. The molecule has 1 heterocycles. The van der Waals surface area contributed by atoms with Crippen LogP contribution in [0, 0.1) is 0 Å². The summed E-state index contributed by atoms with van der Waals surface area (Å²) in [4.78, 5) is 26.1. The van der Waals surface area contributed by atoms with E-state index in [2.05, 4.69) is 12.1 Å². The fraction of sp³-hybridized carbons (Fsp3) is 0.200. The Balaban J connectivity index is 1.72. The van der Waals surface area contributed by atoms with Gasteiger partial charge in [-0.1, -0.05) is 54.6 Å². The van der Waals surface area contributed by atoms with Gasteiger partial charge >= 0.3 is 0 Å². The zero-order valence-corrected chi connectivity index (χ0v) is 14.8. The Morgan fingerprint density at radius 3 is 2.36 bits per heavy atom. The van der Waals surface area contributed by atoms with Crippen LogP contribution in [-0.4, -0.2) is 36.3 Å². The number of nitrogens with zero attached hydrogens (tertiary/aromatic N) is 1. The molecule has 0 saturated carbocycles. The molecule has 2 amide bonds. The molecule has 25 heavy (non-hydrogen) atoms. The van der Waals surface area contributed by atoms with E-state index in [9.17, 15) is 9.59 Å². The predicted molar refractivity (Wildman–Crippen MR) is 101 cm³/mol. The number of hydrogen-bond acceptors (Lipinski definition) is 4. The number of ether oxygens (including phenoxy) is 1. The minimum absolute atomic E-state index is 0.215. The third-order valence-corrected chi connectivity index (χ3v) is 4.83. The molecule has 0 atom stereocenters. The van der Waals surface area contributed by atoms with Gasteiger partial charge < -0.3 is 4.74 Å². The molecule has 128 valence electrons. The van der Waals surface area contributed by atoms with Gasteiger partial charge in [0.25, 0.3) is 11.1 Å². The smallest absolute Gasteiger partial charge is 0.293 e. The molecule has 5 heteroatoms. The lowest BCUT2D eigenvalue weighted by atomic mass is 10.0. The lowest BCUT2D eigenvalue weighted by Crippen LogP contribution is -2.29. The summed E-state index contributed by atoms with van der Waals surface area (Å²) in [6.07, 6.45) is 2.42. The summed E-state index contributed by atoms with van der Waals surface area (Å²) in [5.41, 5.74) is 3.17. The third-order valence-electron chi connectivity index (χ3n) is 3.92. The summed E-state index contributed by atoms with van der Waals surface area (Å²) < 4.78 is 4.97. The highest BCUT2D eigenvalue weighted by molar-refractivity contribution is 8.18. The molecule has 1 aliphatic heterocycles. The quantitative estimate of drug-likeness (QED) is 0.569. The summed E-state index contributed by atoms with van der Waals surface area (Å²) >= 11 is 0.993. The maximum absolute atomic E-state index is 12.4. The van der Waals surface area contributed by atoms with Crippen molar-refractivity contribution in [2.75, 3.05) is 20.3 Å². The van der Waals surface area contributed by atoms with E-state index in [-0.39, 0.29) is 11.1 Å². The van der Waals surface area contributed by atoms with E-state index in [0.29, 0.717) is 24.5 Å². The average molecular weight is 353 g/mol. The van der Waals surface area contributed by atoms with Crippen LogP contribution in [0.2, 0.25) is 0 Å². The number of amides is 2. The number of hydrogen-bond donors (Lipinski definition) is 0. The summed E-state index contributed by atoms with van der Waals surface area (Å²) in [6, 6.07) is 18.1. The van der Waals surface area contributed by atoms with Crippen molar-refractivity contribution in [2.45, 2.75) is 6.42 Å². The fourth-order valence-corrected chi connectivity index (χ4v) is 3.48. The molecule has 0 spiro atoms. The first-order valence-electron chi connectivity index (χ1n) is 8.09. The molecule has 0 bridgehead atoms. The van der Waals surface area contributed by atoms with Crippen LogP contribution in [0.1, 0.15) is 12.0 Å². The van der Waals surface area contributed by atoms with E-state index in [0.717, 1.165) is 28.5 Å². The SMILES string of the molecule is COCCCN1C(=O)S/C(=C/c2ccc(-c3ccccc3)cc2)C1=O. The number of carbonyl (C=O) groups is 2. The van der Waals surface area contributed by atoms with Crippen LogP contribution in [-0.2, 0) is 9.53 Å². The maximum atomic E-state index is 12.4. The monoisotopic (exact) mass is 353 g/mol. The van der Waals surface area contributed by atoms with E-state index in [4.69, 9.17) is 4.74 Å². The fourth-order valence-electron chi connectivity index (χ4n) is 2.61. The second kappa shape index (κ2) is 8.14. The normalized spacial score (nSPS) is 16.0. The first kappa shape index (κ1) is 17.5. The molecule has 0 radical (unpaired) electrons. The van der Waals surface area contributed by atoms with E-state index in [1.54, 1.807) is 13.2 Å². The van der Waals surface area contributed by atoms with Crippen molar-refractivity contribution < 1.29 is 14.3 Å². The van der Waals surface area contributed by atoms with E-state index in [1.807, 2.05) is 42.5 Å². The van der Waals surface area contributed by atoms with Gasteiger partial charge in [-0.05, 0) is 40.9 Å². The van der Waals surface area contributed by atoms with Crippen LogP contribution in [0.3, 0.4) is 0 Å². The van der Waals surface area contributed by atoms with Crippen LogP contribution < -0.4 is 0 Å². The van der Waals surface area contributed by atoms with Crippen LogP contribution in [0.15, 0.2) is 59.5 Å². The van der Waals surface area contributed by atoms with Crippen LogP contribution in [0.4, 0.5) is 4.79 Å². The van der Waals surface area contributed by atoms with Gasteiger partial charge in [-0.2, -0.15) is 0 Å². The maximum Gasteiger partial charge on any atom is 0.293 e. The Morgan fingerprint density at radius 2 is 1.68 bits per heavy atom. The first-order valence-corrected chi connectivity index (χ1v) is 8.90. The Bertz CT molecular complexity index is 784. The van der Waals surface area contributed by atoms with Crippen molar-refractivity contribution in [1.82, 2.24) is 4.90 Å². The number of benzene rings is 2. The van der Waals surface area contributed by atoms with Gasteiger partial charge in [-0.3, -0.25) is 14.5 Å². The van der Waals surface area contributed by atoms with Gasteiger partial charge in [0, 0.05) is 20.3 Å². The second-order valence-corrected chi connectivity index (χ2v) is 6.66. The Kier molecular flexibility index (Phi) is 5.68. The molecule has 1 fully saturated rings. The molecular formula is C20H19NO3S. The van der Waals surface area contributed by atoms with Gasteiger partial charge in [0.15, 0.2) is 0 Å². The average Bonchev–Trinajstić information content (AvgIpc) is 2.90. The highest BCUT2D eigenvalue weighted by Crippen LogP contribution is 2.32. The molecule has 1 aliphatic rings. The van der Waals surface area contributed by atoms with Crippen LogP contribution in [0.25, 0.3) is 17.2 Å². The predicted octanol–water partition coefficient (Wildman–Crippen LogP) is 4.43. The van der Waals surface area contributed by atoms with Gasteiger partial charge in [0.05, 0.1) is 4.91 Å². The third kappa shape index (κ3) is 4.18. The lowest BCUT2D eigenvalue weighted by molar-refractivity contribution is -0.122. The molecule has 0 aliphatic carbocycles. The van der Waals surface area contributed by atoms with E-state index in [1.165, 1.54) is 4.90 Å². The second-order valence-electron chi connectivity index (χ2n) is 5.67. The lowest BCUT2D eigenvalue weighted by Gasteiger charge is -2.11. The molecule has 2 aromatic rings. The number of carbonyl (C=O) groups excluding carboxylic acids is 2. The van der Waals surface area contributed by atoms with Crippen molar-refractivity contribution in [1.29, 1.82) is 0 Å². The van der Waals surface area contributed by atoms with E-state index >= 15 is 0 Å². The minimum Gasteiger partial charge on any atom is -0.385 e. The van der Waals surface area contributed by atoms with Gasteiger partial charge in [0.2, 0.25) is 0 Å². The number of rotatable bonds is 6. The van der Waals surface area contributed by atoms with Crippen molar-refractivity contribution >= 4 is 29.0 Å². The number of thioether (sulfide) groups is 1. The van der Waals surface area contributed by atoms with Crippen molar-refractivity contribution in [3.8, 4) is 11.1 Å². The van der Waals surface area contributed by atoms with Crippen molar-refractivity contribution in [3.05, 3.63) is 65.1 Å². The van der Waals surface area contributed by atoms with Gasteiger partial charge in [-0.15, -0.1) is 0 Å². The van der Waals surface area contributed by atoms with E-state index < -0.39 is 0 Å². The van der Waals surface area contributed by atoms with Crippen LogP contribution >= 0.6 is 11.8 Å². The van der Waals surface area contributed by atoms with Crippen molar-refractivity contribution in [3.63, 3.8) is 0 Å². The molecule has 4 nitrogen and oxygen atoms in total. The Morgan fingerprint density at radius 1 is 1.00 bits per heavy atom. The Labute approximate surface area is 151 Å².